The Kier molecular flexibility index (Phi) is 6.27. The molecule has 2 N–H and O–H groups in total. The van der Waals surface area contributed by atoms with Crippen molar-refractivity contribution in [1.82, 2.24) is 5.32 Å². The van der Waals surface area contributed by atoms with Gasteiger partial charge in [-0.3, -0.25) is 9.59 Å². The molecule has 7 nitrogen and oxygen atoms in total. The Morgan fingerprint density at radius 1 is 1.19 bits per heavy atom. The van der Waals surface area contributed by atoms with Gasteiger partial charge in [0.2, 0.25) is 0 Å². The van der Waals surface area contributed by atoms with Crippen molar-refractivity contribution in [2.24, 2.45) is 0 Å². The van der Waals surface area contributed by atoms with Crippen molar-refractivity contribution in [3.63, 3.8) is 0 Å². The van der Waals surface area contributed by atoms with Gasteiger partial charge in [0.05, 0.1) is 12.3 Å². The van der Waals surface area contributed by atoms with Crippen LogP contribution in [-0.4, -0.2) is 31.6 Å². The first kappa shape index (κ1) is 18.7. The van der Waals surface area contributed by atoms with Gasteiger partial charge in [-0.1, -0.05) is 24.3 Å². The van der Waals surface area contributed by atoms with Crippen molar-refractivity contribution in [3.05, 3.63) is 53.6 Å². The lowest BCUT2D eigenvalue weighted by Gasteiger charge is -2.18. The van der Waals surface area contributed by atoms with Crippen LogP contribution in [0.1, 0.15) is 18.1 Å². The number of fused-ring (bicyclic) bond motifs is 1. The monoisotopic (exact) mass is 370 g/mol. The molecule has 142 valence electrons. The summed E-state index contributed by atoms with van der Waals surface area (Å²) in [7, 11) is 0. The molecule has 27 heavy (non-hydrogen) atoms. The summed E-state index contributed by atoms with van der Waals surface area (Å²) in [6.07, 6.45) is 0. The van der Waals surface area contributed by atoms with Crippen LogP contribution in [0.15, 0.2) is 42.5 Å². The number of hydrogen-bond donors (Lipinski definition) is 2. The van der Waals surface area contributed by atoms with E-state index in [1.165, 1.54) is 0 Å². The SMILES string of the molecule is CCOCc1ccc(CNC(=O)COc2ccc3c(c2)OCC(=O)N3)cc1. The van der Waals surface area contributed by atoms with E-state index >= 15 is 0 Å². The highest BCUT2D eigenvalue weighted by Crippen LogP contribution is 2.31. The van der Waals surface area contributed by atoms with Gasteiger partial charge in [-0.2, -0.15) is 0 Å². The van der Waals surface area contributed by atoms with Crippen molar-refractivity contribution >= 4 is 17.5 Å². The molecule has 2 aromatic carbocycles. The molecule has 0 saturated heterocycles. The quantitative estimate of drug-likeness (QED) is 0.744. The molecule has 0 unspecified atom stereocenters. The molecule has 2 aromatic rings. The fourth-order valence-electron chi connectivity index (χ4n) is 2.52. The number of ether oxygens (including phenoxy) is 3. The first-order valence-electron chi connectivity index (χ1n) is 8.76. The zero-order valence-electron chi connectivity index (χ0n) is 15.1. The molecule has 3 rings (SSSR count). The molecular weight excluding hydrogens is 348 g/mol. The van der Waals surface area contributed by atoms with Crippen LogP contribution in [0.3, 0.4) is 0 Å². The molecule has 0 bridgehead atoms. The highest BCUT2D eigenvalue weighted by molar-refractivity contribution is 5.95. The molecule has 1 heterocycles. The van der Waals surface area contributed by atoms with Gasteiger partial charge >= 0.3 is 0 Å². The Morgan fingerprint density at radius 2 is 1.96 bits per heavy atom. The molecule has 0 aromatic heterocycles. The van der Waals surface area contributed by atoms with Crippen LogP contribution in [0.2, 0.25) is 0 Å². The van der Waals surface area contributed by atoms with E-state index < -0.39 is 0 Å². The van der Waals surface area contributed by atoms with E-state index in [0.29, 0.717) is 36.9 Å². The Hall–Kier alpha value is -3.06. The largest absolute Gasteiger partial charge is 0.484 e. The van der Waals surface area contributed by atoms with Crippen LogP contribution in [0.4, 0.5) is 5.69 Å². The number of anilines is 1. The molecule has 1 aliphatic rings. The third-order valence-corrected chi connectivity index (χ3v) is 3.94. The maximum atomic E-state index is 12.0. The predicted octanol–water partition coefficient (Wildman–Crippen LogP) is 2.25. The summed E-state index contributed by atoms with van der Waals surface area (Å²) in [6, 6.07) is 12.9. The van der Waals surface area contributed by atoms with Gasteiger partial charge in [0, 0.05) is 19.2 Å². The minimum atomic E-state index is -0.222. The Morgan fingerprint density at radius 3 is 2.74 bits per heavy atom. The van der Waals surface area contributed by atoms with E-state index in [-0.39, 0.29) is 25.0 Å². The van der Waals surface area contributed by atoms with E-state index in [2.05, 4.69) is 10.6 Å². The Labute approximate surface area is 157 Å². The van der Waals surface area contributed by atoms with Gasteiger partial charge in [0.1, 0.15) is 11.5 Å². The molecule has 0 radical (unpaired) electrons. The highest BCUT2D eigenvalue weighted by atomic mass is 16.5. The zero-order valence-corrected chi connectivity index (χ0v) is 15.1. The second kappa shape index (κ2) is 9.05. The number of amides is 2. The molecule has 0 atom stereocenters. The fourth-order valence-corrected chi connectivity index (χ4v) is 2.52. The molecule has 7 heteroatoms. The van der Waals surface area contributed by atoms with Gasteiger partial charge in [0.25, 0.3) is 11.8 Å². The maximum absolute atomic E-state index is 12.0. The van der Waals surface area contributed by atoms with Crippen LogP contribution in [-0.2, 0) is 27.5 Å². The van der Waals surface area contributed by atoms with E-state index in [9.17, 15) is 9.59 Å². The minimum Gasteiger partial charge on any atom is -0.484 e. The number of nitrogens with one attached hydrogen (secondary N) is 2. The number of benzene rings is 2. The average molecular weight is 370 g/mol. The zero-order chi connectivity index (χ0) is 19.1. The first-order chi connectivity index (χ1) is 13.1. The van der Waals surface area contributed by atoms with Crippen molar-refractivity contribution in [2.75, 3.05) is 25.1 Å². The summed E-state index contributed by atoms with van der Waals surface area (Å²) in [5.41, 5.74) is 2.69. The van der Waals surface area contributed by atoms with E-state index in [0.717, 1.165) is 11.1 Å². The van der Waals surface area contributed by atoms with E-state index in [1.807, 2.05) is 31.2 Å². The third kappa shape index (κ3) is 5.46. The lowest BCUT2D eigenvalue weighted by molar-refractivity contribution is -0.123. The molecule has 2 amide bonds. The van der Waals surface area contributed by atoms with E-state index in [1.54, 1.807) is 18.2 Å². The lowest BCUT2D eigenvalue weighted by atomic mass is 10.1. The van der Waals surface area contributed by atoms with Crippen LogP contribution in [0.25, 0.3) is 0 Å². The van der Waals surface area contributed by atoms with Crippen LogP contribution in [0.5, 0.6) is 11.5 Å². The number of rotatable bonds is 8. The summed E-state index contributed by atoms with van der Waals surface area (Å²) in [6.45, 7) is 3.53. The highest BCUT2D eigenvalue weighted by Gasteiger charge is 2.16. The second-order valence-corrected chi connectivity index (χ2v) is 6.01. The standard InChI is InChI=1S/C20H22N2O5/c1-2-25-11-15-5-3-14(4-6-15)10-21-19(23)12-26-16-7-8-17-18(9-16)27-13-20(24)22-17/h3-9H,2,10-13H2,1H3,(H,21,23)(H,22,24). The summed E-state index contributed by atoms with van der Waals surface area (Å²) >= 11 is 0. The van der Waals surface area contributed by atoms with E-state index in [4.69, 9.17) is 14.2 Å². The fraction of sp³-hybridized carbons (Fsp3) is 0.300. The molecule has 0 saturated carbocycles. The van der Waals surface area contributed by atoms with Gasteiger partial charge < -0.3 is 24.8 Å². The normalized spacial score (nSPS) is 12.6. The first-order valence-corrected chi connectivity index (χ1v) is 8.76. The molecule has 0 aliphatic carbocycles. The third-order valence-electron chi connectivity index (χ3n) is 3.94. The predicted molar refractivity (Wildman–Crippen MR) is 99.7 cm³/mol. The Balaban J connectivity index is 1.44. The molecule has 1 aliphatic heterocycles. The van der Waals surface area contributed by atoms with Gasteiger partial charge in [0.15, 0.2) is 13.2 Å². The van der Waals surface area contributed by atoms with Gasteiger partial charge in [-0.15, -0.1) is 0 Å². The molecule has 0 spiro atoms. The minimum absolute atomic E-state index is 0.0275. The molecule has 0 fully saturated rings. The summed E-state index contributed by atoms with van der Waals surface area (Å²) in [5, 5.41) is 5.52. The van der Waals surface area contributed by atoms with Crippen LogP contribution in [0, 0.1) is 0 Å². The Bertz CT molecular complexity index is 805. The lowest BCUT2D eigenvalue weighted by Crippen LogP contribution is -2.28. The number of carbonyl (C=O) groups excluding carboxylic acids is 2. The number of hydrogen-bond acceptors (Lipinski definition) is 5. The van der Waals surface area contributed by atoms with Crippen molar-refractivity contribution < 1.29 is 23.8 Å². The van der Waals surface area contributed by atoms with Crippen LogP contribution >= 0.6 is 0 Å². The number of carbonyl (C=O) groups is 2. The van der Waals surface area contributed by atoms with Crippen molar-refractivity contribution in [1.29, 1.82) is 0 Å². The maximum Gasteiger partial charge on any atom is 0.262 e. The summed E-state index contributed by atoms with van der Waals surface area (Å²) in [5.74, 6) is 0.613. The van der Waals surface area contributed by atoms with Crippen LogP contribution < -0.4 is 20.1 Å². The van der Waals surface area contributed by atoms with Crippen molar-refractivity contribution in [2.45, 2.75) is 20.1 Å². The summed E-state index contributed by atoms with van der Waals surface area (Å²) < 4.78 is 16.2. The summed E-state index contributed by atoms with van der Waals surface area (Å²) in [4.78, 5) is 23.2. The second-order valence-electron chi connectivity index (χ2n) is 6.01. The molecular formula is C20H22N2O5. The topological polar surface area (TPSA) is 85.9 Å². The van der Waals surface area contributed by atoms with Gasteiger partial charge in [-0.25, -0.2) is 0 Å². The van der Waals surface area contributed by atoms with Crippen molar-refractivity contribution in [3.8, 4) is 11.5 Å². The smallest absolute Gasteiger partial charge is 0.262 e. The average Bonchev–Trinajstić information content (AvgIpc) is 2.69. The van der Waals surface area contributed by atoms with Gasteiger partial charge in [-0.05, 0) is 30.2 Å².